The smallest absolute Gasteiger partial charge is 0.258 e. The highest BCUT2D eigenvalue weighted by atomic mass is 19.1. The molecule has 0 spiro atoms. The second kappa shape index (κ2) is 4.91. The zero-order chi connectivity index (χ0) is 13.1. The zero-order valence-electron chi connectivity index (χ0n) is 9.74. The van der Waals surface area contributed by atoms with E-state index in [1.54, 1.807) is 6.92 Å². The summed E-state index contributed by atoms with van der Waals surface area (Å²) in [7, 11) is 0. The van der Waals surface area contributed by atoms with Gasteiger partial charge in [0.15, 0.2) is 0 Å². The van der Waals surface area contributed by atoms with Crippen molar-refractivity contribution in [1.29, 1.82) is 5.26 Å². The van der Waals surface area contributed by atoms with E-state index in [2.05, 4.69) is 6.07 Å². The van der Waals surface area contributed by atoms with Gasteiger partial charge in [0, 0.05) is 6.07 Å². The number of nitro benzene ring substituents is 1. The van der Waals surface area contributed by atoms with Gasteiger partial charge in [-0.05, 0) is 31.4 Å². The number of non-ortho nitro benzene ring substituents is 1. The third-order valence-corrected chi connectivity index (χ3v) is 2.80. The van der Waals surface area contributed by atoms with Crippen molar-refractivity contribution in [3.63, 3.8) is 0 Å². The molecule has 1 atom stereocenters. The van der Waals surface area contributed by atoms with Crippen LogP contribution in [0.4, 0.5) is 10.1 Å². The predicted molar refractivity (Wildman–Crippen MR) is 60.8 cm³/mol. The summed E-state index contributed by atoms with van der Waals surface area (Å²) >= 11 is 0. The molecule has 0 aliphatic carbocycles. The number of benzene rings is 1. The molecule has 0 aromatic heterocycles. The van der Waals surface area contributed by atoms with Gasteiger partial charge < -0.3 is 0 Å². The molecule has 1 unspecified atom stereocenters. The van der Waals surface area contributed by atoms with Gasteiger partial charge in [-0.2, -0.15) is 5.26 Å². The van der Waals surface area contributed by atoms with Gasteiger partial charge in [0.25, 0.3) is 5.69 Å². The molecule has 0 heterocycles. The minimum Gasteiger partial charge on any atom is -0.258 e. The van der Waals surface area contributed by atoms with Crippen LogP contribution in [0.15, 0.2) is 18.2 Å². The number of hydrogen-bond donors (Lipinski definition) is 0. The van der Waals surface area contributed by atoms with E-state index in [0.717, 1.165) is 6.07 Å². The minimum absolute atomic E-state index is 0.281. The van der Waals surface area contributed by atoms with Crippen LogP contribution >= 0.6 is 0 Å². The second-order valence-corrected chi connectivity index (χ2v) is 4.28. The molecule has 0 amide bonds. The number of hydrogen-bond acceptors (Lipinski definition) is 3. The van der Waals surface area contributed by atoms with Crippen LogP contribution in [0.2, 0.25) is 0 Å². The molecule has 0 aliphatic rings. The second-order valence-electron chi connectivity index (χ2n) is 4.28. The van der Waals surface area contributed by atoms with E-state index in [0.29, 0.717) is 18.4 Å². The van der Waals surface area contributed by atoms with Crippen LogP contribution in [0, 0.1) is 32.7 Å². The number of nitrogens with zero attached hydrogens (tertiary/aromatic N) is 2. The molecule has 0 aliphatic heterocycles. The summed E-state index contributed by atoms with van der Waals surface area (Å²) in [5.41, 5.74) is -0.430. The van der Waals surface area contributed by atoms with Gasteiger partial charge in [-0.3, -0.25) is 10.1 Å². The first-order valence-corrected chi connectivity index (χ1v) is 5.25. The third-order valence-electron chi connectivity index (χ3n) is 2.80. The van der Waals surface area contributed by atoms with Crippen molar-refractivity contribution in [1.82, 2.24) is 0 Å². The quantitative estimate of drug-likeness (QED) is 0.595. The van der Waals surface area contributed by atoms with Gasteiger partial charge in [-0.1, -0.05) is 6.92 Å². The standard InChI is InChI=1S/C12H13FN2O2/c1-3-12(2,8-14)7-9-4-10(13)6-11(5-9)15(16)17/h4-6H,3,7H2,1-2H3. The van der Waals surface area contributed by atoms with E-state index in [1.807, 2.05) is 6.92 Å². The monoisotopic (exact) mass is 236 g/mol. The SMILES string of the molecule is CCC(C)(C#N)Cc1cc(F)cc([N+](=O)[O-])c1. The fourth-order valence-electron chi connectivity index (χ4n) is 1.53. The van der Waals surface area contributed by atoms with Gasteiger partial charge in [0.1, 0.15) is 5.82 Å². The predicted octanol–water partition coefficient (Wildman–Crippen LogP) is 3.22. The highest BCUT2D eigenvalue weighted by molar-refractivity contribution is 5.36. The number of halogens is 1. The number of nitro groups is 1. The molecule has 0 radical (unpaired) electrons. The van der Waals surface area contributed by atoms with Gasteiger partial charge >= 0.3 is 0 Å². The number of rotatable bonds is 4. The molecular formula is C12H13FN2O2. The summed E-state index contributed by atoms with van der Waals surface area (Å²) < 4.78 is 13.2. The van der Waals surface area contributed by atoms with Crippen molar-refractivity contribution in [2.45, 2.75) is 26.7 Å². The lowest BCUT2D eigenvalue weighted by molar-refractivity contribution is -0.385. The van der Waals surface area contributed by atoms with E-state index in [-0.39, 0.29) is 5.69 Å². The van der Waals surface area contributed by atoms with Gasteiger partial charge in [-0.25, -0.2) is 4.39 Å². The van der Waals surface area contributed by atoms with Crippen molar-refractivity contribution in [2.24, 2.45) is 5.41 Å². The van der Waals surface area contributed by atoms with E-state index in [1.165, 1.54) is 12.1 Å². The topological polar surface area (TPSA) is 66.9 Å². The molecule has 1 aromatic rings. The van der Waals surface area contributed by atoms with Crippen LogP contribution < -0.4 is 0 Å². The molecule has 4 nitrogen and oxygen atoms in total. The van der Waals surface area contributed by atoms with Crippen molar-refractivity contribution < 1.29 is 9.31 Å². The molecule has 0 fully saturated rings. The maximum Gasteiger partial charge on any atom is 0.272 e. The zero-order valence-corrected chi connectivity index (χ0v) is 9.74. The largest absolute Gasteiger partial charge is 0.272 e. The summed E-state index contributed by atoms with van der Waals surface area (Å²) in [6.45, 7) is 3.61. The summed E-state index contributed by atoms with van der Waals surface area (Å²) in [5, 5.41) is 19.6. The van der Waals surface area contributed by atoms with Crippen molar-refractivity contribution in [3.05, 3.63) is 39.7 Å². The van der Waals surface area contributed by atoms with Crippen LogP contribution in [0.1, 0.15) is 25.8 Å². The Morgan fingerprint density at radius 2 is 2.18 bits per heavy atom. The molecular weight excluding hydrogens is 223 g/mol. The first-order valence-electron chi connectivity index (χ1n) is 5.25. The van der Waals surface area contributed by atoms with E-state index in [4.69, 9.17) is 5.26 Å². The molecule has 0 N–H and O–H groups in total. The molecule has 17 heavy (non-hydrogen) atoms. The maximum atomic E-state index is 13.2. The fourth-order valence-corrected chi connectivity index (χ4v) is 1.53. The first-order chi connectivity index (χ1) is 7.90. The van der Waals surface area contributed by atoms with Gasteiger partial charge in [-0.15, -0.1) is 0 Å². The normalized spacial score (nSPS) is 13.8. The van der Waals surface area contributed by atoms with Crippen molar-refractivity contribution in [3.8, 4) is 6.07 Å². The molecule has 90 valence electrons. The van der Waals surface area contributed by atoms with Crippen molar-refractivity contribution >= 4 is 5.69 Å². The third kappa shape index (κ3) is 3.25. The lowest BCUT2D eigenvalue weighted by Crippen LogP contribution is -2.16. The average molecular weight is 236 g/mol. The Balaban J connectivity index is 3.08. The van der Waals surface area contributed by atoms with Crippen LogP contribution in [-0.4, -0.2) is 4.92 Å². The van der Waals surface area contributed by atoms with E-state index in [9.17, 15) is 14.5 Å². The maximum absolute atomic E-state index is 13.2. The molecule has 1 aromatic carbocycles. The van der Waals surface area contributed by atoms with Gasteiger partial charge in [0.05, 0.1) is 22.5 Å². The summed E-state index contributed by atoms with van der Waals surface area (Å²) in [5.74, 6) is -0.648. The van der Waals surface area contributed by atoms with Crippen LogP contribution in [0.5, 0.6) is 0 Å². The first kappa shape index (κ1) is 13.1. The Morgan fingerprint density at radius 3 is 2.65 bits per heavy atom. The van der Waals surface area contributed by atoms with Crippen LogP contribution in [0.3, 0.4) is 0 Å². The average Bonchev–Trinajstić information content (AvgIpc) is 2.28. The lowest BCUT2D eigenvalue weighted by Gasteiger charge is -2.18. The minimum atomic E-state index is -0.648. The lowest BCUT2D eigenvalue weighted by atomic mass is 9.83. The number of nitriles is 1. The molecule has 5 heteroatoms. The van der Waals surface area contributed by atoms with Crippen molar-refractivity contribution in [2.75, 3.05) is 0 Å². The Morgan fingerprint density at radius 1 is 1.53 bits per heavy atom. The summed E-state index contributed by atoms with van der Waals surface area (Å²) in [6.07, 6.45) is 0.909. The highest BCUT2D eigenvalue weighted by Crippen LogP contribution is 2.27. The Hall–Kier alpha value is -1.96. The highest BCUT2D eigenvalue weighted by Gasteiger charge is 2.23. The van der Waals surface area contributed by atoms with E-state index >= 15 is 0 Å². The molecule has 0 bridgehead atoms. The van der Waals surface area contributed by atoms with E-state index < -0.39 is 16.2 Å². The Bertz CT molecular complexity index is 482. The molecule has 0 saturated carbocycles. The van der Waals surface area contributed by atoms with Crippen LogP contribution in [0.25, 0.3) is 0 Å². The van der Waals surface area contributed by atoms with Gasteiger partial charge in [0.2, 0.25) is 0 Å². The fraction of sp³-hybridized carbons (Fsp3) is 0.417. The summed E-state index contributed by atoms with van der Waals surface area (Å²) in [4.78, 5) is 9.95. The summed E-state index contributed by atoms with van der Waals surface area (Å²) in [6, 6.07) is 5.57. The molecule has 1 rings (SSSR count). The Labute approximate surface area is 98.8 Å². The molecule has 0 saturated heterocycles. The Kier molecular flexibility index (Phi) is 3.79. The van der Waals surface area contributed by atoms with Crippen LogP contribution in [-0.2, 0) is 6.42 Å².